The maximum Gasteiger partial charge on any atom is 0.256 e. The second-order valence-electron chi connectivity index (χ2n) is 7.07. The number of hydrogen-bond acceptors (Lipinski definition) is 3. The molecule has 26 heavy (non-hydrogen) atoms. The van der Waals surface area contributed by atoms with Gasteiger partial charge in [-0.1, -0.05) is 19.1 Å². The maximum atomic E-state index is 13.1. The maximum absolute atomic E-state index is 13.1. The van der Waals surface area contributed by atoms with Gasteiger partial charge in [0.05, 0.1) is 11.3 Å². The minimum Gasteiger partial charge on any atom is -0.341 e. The summed E-state index contributed by atoms with van der Waals surface area (Å²) in [6.07, 6.45) is 3.14. The molecule has 0 aromatic heterocycles. The van der Waals surface area contributed by atoms with E-state index in [1.807, 2.05) is 30.0 Å². The molecular formula is C20H27N3O3. The average molecular weight is 357 g/mol. The average Bonchev–Trinajstić information content (AvgIpc) is 3.52. The van der Waals surface area contributed by atoms with Crippen LogP contribution >= 0.6 is 0 Å². The molecule has 1 aromatic carbocycles. The minimum atomic E-state index is -0.0677. The third kappa shape index (κ3) is 3.89. The highest BCUT2D eigenvalue weighted by Crippen LogP contribution is 2.33. The van der Waals surface area contributed by atoms with Gasteiger partial charge >= 0.3 is 0 Å². The van der Waals surface area contributed by atoms with Crippen molar-refractivity contribution in [3.63, 3.8) is 0 Å². The van der Waals surface area contributed by atoms with Crippen LogP contribution in [0.25, 0.3) is 0 Å². The molecule has 1 aliphatic heterocycles. The van der Waals surface area contributed by atoms with E-state index in [9.17, 15) is 14.4 Å². The molecule has 0 N–H and O–H groups in total. The first-order chi connectivity index (χ1) is 12.5. The minimum absolute atomic E-state index is 0.0677. The van der Waals surface area contributed by atoms with Crippen LogP contribution in [0, 0.1) is 5.92 Å². The van der Waals surface area contributed by atoms with Crippen LogP contribution in [-0.2, 0) is 9.59 Å². The van der Waals surface area contributed by atoms with Crippen LogP contribution in [0.1, 0.15) is 43.0 Å². The molecule has 0 spiro atoms. The summed E-state index contributed by atoms with van der Waals surface area (Å²) in [7, 11) is 1.75. The third-order valence-electron chi connectivity index (χ3n) is 5.19. The Morgan fingerprint density at radius 2 is 1.69 bits per heavy atom. The molecule has 140 valence electrons. The van der Waals surface area contributed by atoms with Crippen LogP contribution in [0.3, 0.4) is 0 Å². The van der Waals surface area contributed by atoms with Gasteiger partial charge in [0.15, 0.2) is 0 Å². The van der Waals surface area contributed by atoms with E-state index in [1.54, 1.807) is 22.9 Å². The van der Waals surface area contributed by atoms with Gasteiger partial charge in [-0.15, -0.1) is 0 Å². The van der Waals surface area contributed by atoms with Crippen LogP contribution in [0.2, 0.25) is 0 Å². The second kappa shape index (κ2) is 7.89. The summed E-state index contributed by atoms with van der Waals surface area (Å²) >= 11 is 0. The quantitative estimate of drug-likeness (QED) is 0.829. The first kappa shape index (κ1) is 18.4. The Morgan fingerprint density at radius 1 is 1.04 bits per heavy atom. The molecule has 6 nitrogen and oxygen atoms in total. The van der Waals surface area contributed by atoms with Crippen molar-refractivity contribution in [2.45, 2.75) is 32.6 Å². The van der Waals surface area contributed by atoms with Gasteiger partial charge in [-0.2, -0.15) is 0 Å². The largest absolute Gasteiger partial charge is 0.341 e. The molecule has 3 amide bonds. The molecule has 3 rings (SSSR count). The first-order valence-electron chi connectivity index (χ1n) is 9.46. The molecule has 0 unspecified atom stereocenters. The number of carbonyl (C=O) groups is 3. The molecular weight excluding hydrogens is 330 g/mol. The fourth-order valence-corrected chi connectivity index (χ4v) is 3.43. The lowest BCUT2D eigenvalue weighted by Crippen LogP contribution is -2.38. The molecule has 1 aliphatic carbocycles. The summed E-state index contributed by atoms with van der Waals surface area (Å²) in [6, 6.07) is 7.30. The molecule has 1 heterocycles. The van der Waals surface area contributed by atoms with Gasteiger partial charge < -0.3 is 14.7 Å². The van der Waals surface area contributed by atoms with Gasteiger partial charge in [0.25, 0.3) is 5.91 Å². The van der Waals surface area contributed by atoms with E-state index in [0.29, 0.717) is 43.9 Å². The van der Waals surface area contributed by atoms with E-state index in [2.05, 4.69) is 0 Å². The van der Waals surface area contributed by atoms with E-state index >= 15 is 0 Å². The van der Waals surface area contributed by atoms with E-state index in [0.717, 1.165) is 19.3 Å². The van der Waals surface area contributed by atoms with Crippen molar-refractivity contribution in [1.29, 1.82) is 0 Å². The van der Waals surface area contributed by atoms with Crippen molar-refractivity contribution in [2.75, 3.05) is 38.1 Å². The summed E-state index contributed by atoms with van der Waals surface area (Å²) < 4.78 is 0. The van der Waals surface area contributed by atoms with Crippen LogP contribution in [0.4, 0.5) is 5.69 Å². The normalized spacial score (nSPS) is 17.6. The highest BCUT2D eigenvalue weighted by molar-refractivity contribution is 6.05. The van der Waals surface area contributed by atoms with Crippen molar-refractivity contribution in [2.24, 2.45) is 5.92 Å². The van der Waals surface area contributed by atoms with Gasteiger partial charge in [-0.05, 0) is 31.4 Å². The van der Waals surface area contributed by atoms with Gasteiger partial charge in [0.1, 0.15) is 0 Å². The fraction of sp³-hybridized carbons (Fsp3) is 0.550. The van der Waals surface area contributed by atoms with Crippen molar-refractivity contribution < 1.29 is 14.4 Å². The molecule has 1 aromatic rings. The summed E-state index contributed by atoms with van der Waals surface area (Å²) in [5, 5.41) is 0. The summed E-state index contributed by atoms with van der Waals surface area (Å²) in [4.78, 5) is 42.7. The summed E-state index contributed by atoms with van der Waals surface area (Å²) in [5.41, 5.74) is 1.22. The Morgan fingerprint density at radius 3 is 2.38 bits per heavy atom. The highest BCUT2D eigenvalue weighted by Gasteiger charge is 2.34. The third-order valence-corrected chi connectivity index (χ3v) is 5.19. The molecule has 1 saturated heterocycles. The lowest BCUT2D eigenvalue weighted by Gasteiger charge is -2.25. The Balaban J connectivity index is 1.75. The molecule has 1 saturated carbocycles. The molecule has 0 atom stereocenters. The van der Waals surface area contributed by atoms with Crippen LogP contribution < -0.4 is 4.90 Å². The highest BCUT2D eigenvalue weighted by atomic mass is 16.2. The number of anilines is 1. The fourth-order valence-electron chi connectivity index (χ4n) is 3.43. The van der Waals surface area contributed by atoms with Gasteiger partial charge in [0, 0.05) is 45.6 Å². The number of amides is 3. The smallest absolute Gasteiger partial charge is 0.256 e. The van der Waals surface area contributed by atoms with Crippen molar-refractivity contribution in [3.05, 3.63) is 29.8 Å². The predicted molar refractivity (Wildman–Crippen MR) is 100.0 cm³/mol. The number of nitrogens with zero attached hydrogens (tertiary/aromatic N) is 3. The standard InChI is InChI=1S/C20H27N3O3/c1-3-18(24)22-11-6-12-23(14-13-22)20(26)16-7-4-5-8-17(16)21(2)19(25)15-9-10-15/h4-5,7-8,15H,3,6,9-14H2,1-2H3. The molecule has 2 fully saturated rings. The van der Waals surface area contributed by atoms with Crippen molar-refractivity contribution >= 4 is 23.4 Å². The zero-order chi connectivity index (χ0) is 18.7. The Kier molecular flexibility index (Phi) is 5.59. The first-order valence-corrected chi connectivity index (χ1v) is 9.46. The van der Waals surface area contributed by atoms with E-state index < -0.39 is 0 Å². The Hall–Kier alpha value is -2.37. The van der Waals surface area contributed by atoms with Crippen molar-refractivity contribution in [3.8, 4) is 0 Å². The van der Waals surface area contributed by atoms with E-state index in [1.165, 1.54) is 0 Å². The molecule has 0 radical (unpaired) electrons. The van der Waals surface area contributed by atoms with Crippen LogP contribution in [0.15, 0.2) is 24.3 Å². The molecule has 2 aliphatic rings. The molecule has 6 heteroatoms. The zero-order valence-electron chi connectivity index (χ0n) is 15.6. The number of carbonyl (C=O) groups excluding carboxylic acids is 3. The monoisotopic (exact) mass is 357 g/mol. The number of para-hydroxylation sites is 1. The topological polar surface area (TPSA) is 60.9 Å². The molecule has 0 bridgehead atoms. The Bertz CT molecular complexity index is 699. The number of hydrogen-bond donors (Lipinski definition) is 0. The number of benzene rings is 1. The van der Waals surface area contributed by atoms with Gasteiger partial charge in [0.2, 0.25) is 11.8 Å². The van der Waals surface area contributed by atoms with E-state index in [4.69, 9.17) is 0 Å². The van der Waals surface area contributed by atoms with Crippen LogP contribution in [-0.4, -0.2) is 60.7 Å². The summed E-state index contributed by atoms with van der Waals surface area (Å²) in [6.45, 7) is 4.27. The Labute approximate surface area is 154 Å². The SMILES string of the molecule is CCC(=O)N1CCCN(C(=O)c2ccccc2N(C)C(=O)C2CC2)CC1. The van der Waals surface area contributed by atoms with Crippen LogP contribution in [0.5, 0.6) is 0 Å². The number of rotatable bonds is 4. The lowest BCUT2D eigenvalue weighted by atomic mass is 10.1. The summed E-state index contributed by atoms with van der Waals surface area (Å²) in [5.74, 6) is 0.257. The zero-order valence-corrected chi connectivity index (χ0v) is 15.6. The van der Waals surface area contributed by atoms with E-state index in [-0.39, 0.29) is 23.6 Å². The predicted octanol–water partition coefficient (Wildman–Crippen LogP) is 2.14. The lowest BCUT2D eigenvalue weighted by molar-refractivity contribution is -0.130. The van der Waals surface area contributed by atoms with Gasteiger partial charge in [-0.3, -0.25) is 14.4 Å². The van der Waals surface area contributed by atoms with Gasteiger partial charge in [-0.25, -0.2) is 0 Å². The second-order valence-corrected chi connectivity index (χ2v) is 7.07. The van der Waals surface area contributed by atoms with Crippen molar-refractivity contribution in [1.82, 2.24) is 9.80 Å².